The van der Waals surface area contributed by atoms with Crippen LogP contribution < -0.4 is 0 Å². The zero-order chi connectivity index (χ0) is 107. The van der Waals surface area contributed by atoms with Crippen LogP contribution in [0.2, 0.25) is 0 Å². The molecule has 0 aromatic carbocycles. The van der Waals surface area contributed by atoms with Gasteiger partial charge in [0.15, 0.2) is 0 Å². The van der Waals surface area contributed by atoms with E-state index in [1.807, 2.05) is 27.7 Å². The van der Waals surface area contributed by atoms with Gasteiger partial charge in [0.2, 0.25) is 0 Å². The molecule has 772 valence electrons. The topological polar surface area (TPSA) is 483 Å². The lowest BCUT2D eigenvalue weighted by Gasteiger charge is -2.33. The molecule has 2 aliphatic carbocycles. The number of rotatable bonds is 40. The molecule has 39 heteroatoms. The van der Waals surface area contributed by atoms with E-state index >= 15 is 0 Å². The highest BCUT2D eigenvalue weighted by atomic mass is 16.6. The van der Waals surface area contributed by atoms with Crippen LogP contribution in [0.5, 0.6) is 0 Å². The van der Waals surface area contributed by atoms with Crippen LogP contribution in [0.1, 0.15) is 197 Å². The molecule has 0 atom stereocenters. The minimum Gasteiger partial charge on any atom is -0.462 e. The number of hydrogen-bond donors (Lipinski definition) is 0. The third kappa shape index (κ3) is 35.6. The van der Waals surface area contributed by atoms with Crippen LogP contribution in [0.15, 0.2) is 165 Å². The van der Waals surface area contributed by atoms with E-state index in [1.54, 1.807) is 118 Å². The molecule has 2 fully saturated rings. The van der Waals surface area contributed by atoms with Gasteiger partial charge in [-0.05, 0) is 169 Å². The molecule has 7 aliphatic heterocycles. The van der Waals surface area contributed by atoms with Gasteiger partial charge in [-0.3, -0.25) is 101 Å². The molecule has 0 saturated heterocycles. The van der Waals surface area contributed by atoms with Gasteiger partial charge < -0.3 is 52.1 Å². The second kappa shape index (κ2) is 57.3. The van der Waals surface area contributed by atoms with Crippen LogP contribution in [-0.2, 0) is 153 Å². The maximum atomic E-state index is 12.1. The Balaban J connectivity index is 0.000000423. The molecule has 0 spiro atoms. The number of carbonyl (C=O) groups is 21. The molecule has 141 heavy (non-hydrogen) atoms. The van der Waals surface area contributed by atoms with Crippen molar-refractivity contribution in [1.29, 1.82) is 0 Å². The summed E-state index contributed by atoms with van der Waals surface area (Å²) in [6.07, 6.45) is 9.46. The summed E-state index contributed by atoms with van der Waals surface area (Å²) in [7, 11) is 0. The van der Waals surface area contributed by atoms with Crippen LogP contribution in [0.25, 0.3) is 0 Å². The summed E-state index contributed by atoms with van der Waals surface area (Å²) in [6, 6.07) is -0.168. The van der Waals surface area contributed by atoms with E-state index < -0.39 is 46.6 Å². The van der Waals surface area contributed by atoms with Gasteiger partial charge in [-0.15, -0.1) is 0 Å². The number of ether oxygens (including phenoxy) is 11. The van der Waals surface area contributed by atoms with Crippen molar-refractivity contribution in [2.24, 2.45) is 10.8 Å². The molecular weight excluding hydrogens is 1840 g/mol. The molecule has 0 N–H and O–H groups in total. The Morgan fingerprint density at radius 3 is 0.745 bits per heavy atom. The fraction of sp³-hybridized carbons (Fsp3) is 0.520. The lowest BCUT2D eigenvalue weighted by atomic mass is 9.91. The third-order valence-corrected chi connectivity index (χ3v) is 23.6. The zero-order valence-electron chi connectivity index (χ0n) is 85.1. The Bertz CT molecular complexity index is 5020. The van der Waals surface area contributed by atoms with Crippen LogP contribution >= 0.6 is 0 Å². The highest BCUT2D eigenvalue weighted by Gasteiger charge is 2.45. The second-order valence-electron chi connectivity index (χ2n) is 35.7. The van der Waals surface area contributed by atoms with E-state index in [0.29, 0.717) is 159 Å². The normalized spacial score (nSPS) is 18.7. The Morgan fingerprint density at radius 1 is 0.270 bits per heavy atom. The average Bonchev–Trinajstić information content (AvgIpc) is 1.65. The van der Waals surface area contributed by atoms with Gasteiger partial charge in [-0.2, -0.15) is 0 Å². The average molecular weight is 1970 g/mol. The van der Waals surface area contributed by atoms with Crippen molar-refractivity contribution in [1.82, 2.24) is 34.3 Å². The molecule has 14 amide bonds. The summed E-state index contributed by atoms with van der Waals surface area (Å²) < 4.78 is 55.7. The summed E-state index contributed by atoms with van der Waals surface area (Å²) in [6.45, 7) is 62.6. The summed E-state index contributed by atoms with van der Waals surface area (Å²) in [5, 5.41) is 0. The van der Waals surface area contributed by atoms with Gasteiger partial charge >= 0.3 is 41.8 Å². The molecule has 0 unspecified atom stereocenters. The molecule has 2 saturated carbocycles. The molecule has 0 aromatic rings. The first-order chi connectivity index (χ1) is 65.9. The number of imide groups is 7. The van der Waals surface area contributed by atoms with Crippen molar-refractivity contribution in [3.05, 3.63) is 165 Å². The lowest BCUT2D eigenvalue weighted by Crippen LogP contribution is -2.44. The molecule has 7 heterocycles. The van der Waals surface area contributed by atoms with Crippen LogP contribution in [0, 0.1) is 10.8 Å². The van der Waals surface area contributed by atoms with E-state index in [2.05, 4.69) is 46.1 Å². The molecule has 0 bridgehead atoms. The van der Waals surface area contributed by atoms with Crippen molar-refractivity contribution >= 4 is 124 Å². The number of esters is 7. The third-order valence-electron chi connectivity index (χ3n) is 23.6. The van der Waals surface area contributed by atoms with Gasteiger partial charge in [0.1, 0.15) is 32.0 Å². The highest BCUT2D eigenvalue weighted by molar-refractivity contribution is 6.23. The number of amides is 14. The van der Waals surface area contributed by atoms with Gasteiger partial charge in [0, 0.05) is 155 Å². The van der Waals surface area contributed by atoms with Gasteiger partial charge in [0.25, 0.3) is 82.7 Å². The van der Waals surface area contributed by atoms with Crippen LogP contribution in [0.3, 0.4) is 0 Å². The SMILES string of the molecule is C=C(C)C(=O)OC1CCC(N2C(=O)C(C)=C(C)C2=O)CC1.C=C(C)C(=O)OCC(C)(C)CN1C(=O)C(C)=C(C)C1=O.C=C(C)C(=O)OCCOCCN1C(=O)C(C)=C(C)C1=O.C=CC(=O)OC1CCC(N2C(=O)C(C)=C(C)C2=O)CC1.C=CC(=O)OCC(C)(C)CN1C(=O)C(C)=C(C)C1=O.C=CC(=O)OCCOCCN1C(=O)C(C)=C(C)C1=O.C=CC(=O)OCCOCCOCCN1C(=O)C(C)=C(C)C1=O. The van der Waals surface area contributed by atoms with Crippen molar-refractivity contribution in [2.75, 3.05) is 119 Å². The molecule has 9 rings (SSSR count). The maximum absolute atomic E-state index is 12.1. The summed E-state index contributed by atoms with van der Waals surface area (Å²) in [5.41, 5.74) is 6.96. The fourth-order valence-corrected chi connectivity index (χ4v) is 14.0. The molecule has 39 nitrogen and oxygen atoms in total. The first kappa shape index (κ1) is 122. The molecule has 9 aliphatic rings. The van der Waals surface area contributed by atoms with E-state index in [4.69, 9.17) is 52.1 Å². The van der Waals surface area contributed by atoms with Crippen LogP contribution in [-0.4, -0.2) is 302 Å². The zero-order valence-corrected chi connectivity index (χ0v) is 85.1. The molecular formula is C102H137N7O32. The smallest absolute Gasteiger partial charge is 0.333 e. The van der Waals surface area contributed by atoms with Gasteiger partial charge in [-0.25, -0.2) is 33.6 Å². The Morgan fingerprint density at radius 2 is 0.482 bits per heavy atom. The second-order valence-corrected chi connectivity index (χ2v) is 35.7. The van der Waals surface area contributed by atoms with Crippen LogP contribution in [0.4, 0.5) is 0 Å². The molecule has 0 radical (unpaired) electrons. The minimum absolute atomic E-state index is 0.0823. The Hall–Kier alpha value is -13.5. The monoisotopic (exact) mass is 1970 g/mol. The highest BCUT2D eigenvalue weighted by Crippen LogP contribution is 2.35. The predicted octanol–water partition coefficient (Wildman–Crippen LogP) is 8.86. The largest absolute Gasteiger partial charge is 0.462 e. The van der Waals surface area contributed by atoms with Crippen molar-refractivity contribution < 1.29 is 153 Å². The molecule has 0 aromatic heterocycles. The van der Waals surface area contributed by atoms with E-state index in [9.17, 15) is 101 Å². The Labute approximate surface area is 823 Å². The van der Waals surface area contributed by atoms with Gasteiger partial charge in [-0.1, -0.05) is 73.7 Å². The summed E-state index contributed by atoms with van der Waals surface area (Å²) in [5.74, 6) is -6.67. The summed E-state index contributed by atoms with van der Waals surface area (Å²) >= 11 is 0. The standard InChI is InChI=1S/C16H21NO4.C15H21NO6.C15H19NO4.C15H21NO4.C14H19NO5.C14H19NO4.C13H17NO5/c1-9(2)16(20)21-13-7-5-12(6-8-13)17-14(18)10(3)11(4)15(17)19;1-4-13(17)22-10-9-21-8-7-20-6-5-16-14(18)11(2)12(3)15(16)19;1-4-13(17)20-12-7-5-11(6-8-12)16-14(18)9(2)10(3)15(16)19;1-9(2)14(19)20-8-15(5,6)7-16-12(17)10(3)11(4)13(16)18;1-9(2)14(18)20-8-7-19-6-5-15-12(16)10(3)11(4)13(15)17;1-6-11(16)19-8-14(4,5)7-15-12(17)9(2)10(3)13(15)18;1-4-11(15)19-8-7-18-6-5-14-12(16)9(2)10(3)13(14)17/h12-13H,1,5-8H2,2-4H3;4H,1,5-10H2,2-3H3;4,11-12H,1,5-8H2,2-3H3;1,7-8H2,2-6H3;1,5-8H2,2-4H3;6H,1,7-8H2,2-5H3;4H,1,5-8H2,2-3H3. The Kier molecular flexibility index (Phi) is 49.4. The van der Waals surface area contributed by atoms with E-state index in [-0.39, 0.29) is 218 Å². The number of hydrogen-bond acceptors (Lipinski definition) is 32. The number of carbonyl (C=O) groups excluding carboxylic acids is 21. The quantitative estimate of drug-likeness (QED) is 0.0182. The van der Waals surface area contributed by atoms with Crippen molar-refractivity contribution in [3.8, 4) is 0 Å². The predicted molar refractivity (Wildman–Crippen MR) is 511 cm³/mol. The van der Waals surface area contributed by atoms with E-state index in [1.165, 1.54) is 24.5 Å². The first-order valence-electron chi connectivity index (χ1n) is 45.7. The first-order valence-corrected chi connectivity index (χ1v) is 45.7. The van der Waals surface area contributed by atoms with E-state index in [0.717, 1.165) is 34.1 Å². The van der Waals surface area contributed by atoms with Crippen molar-refractivity contribution in [2.45, 2.75) is 221 Å². The van der Waals surface area contributed by atoms with Crippen molar-refractivity contribution in [3.63, 3.8) is 0 Å². The van der Waals surface area contributed by atoms with Gasteiger partial charge in [0.05, 0.1) is 85.7 Å². The number of nitrogens with zero attached hydrogens (tertiary/aromatic N) is 7. The fourth-order valence-electron chi connectivity index (χ4n) is 14.0. The minimum atomic E-state index is -0.516. The summed E-state index contributed by atoms with van der Waals surface area (Å²) in [4.78, 5) is 253. The maximum Gasteiger partial charge on any atom is 0.333 e. The lowest BCUT2D eigenvalue weighted by molar-refractivity contribution is -0.149.